The van der Waals surface area contributed by atoms with Crippen LogP contribution in [0, 0.1) is 6.92 Å². The third-order valence-electron chi connectivity index (χ3n) is 3.34. The first-order valence-corrected chi connectivity index (χ1v) is 6.52. The van der Waals surface area contributed by atoms with E-state index in [1.807, 2.05) is 37.3 Å². The zero-order valence-corrected chi connectivity index (χ0v) is 11.1. The molecule has 0 aliphatic heterocycles. The van der Waals surface area contributed by atoms with Gasteiger partial charge in [-0.1, -0.05) is 37.3 Å². The first-order valence-electron chi connectivity index (χ1n) is 6.52. The molecule has 0 spiro atoms. The standard InChI is InChI=1S/C17H16O2/c1-3-14-16(15-10-7-11-18-15)12(2)19-17(14)13-8-5-4-6-9-13/h4-11H,3H2,1-2H3. The maximum absolute atomic E-state index is 5.99. The van der Waals surface area contributed by atoms with E-state index in [4.69, 9.17) is 8.83 Å². The summed E-state index contributed by atoms with van der Waals surface area (Å²) in [6, 6.07) is 14.1. The Bertz CT molecular complexity index is 661. The van der Waals surface area contributed by atoms with Gasteiger partial charge in [-0.15, -0.1) is 0 Å². The van der Waals surface area contributed by atoms with Crippen LogP contribution >= 0.6 is 0 Å². The summed E-state index contributed by atoms with van der Waals surface area (Å²) in [5, 5.41) is 0. The smallest absolute Gasteiger partial charge is 0.138 e. The van der Waals surface area contributed by atoms with Crippen molar-refractivity contribution in [2.45, 2.75) is 20.3 Å². The van der Waals surface area contributed by atoms with Crippen molar-refractivity contribution in [3.8, 4) is 22.6 Å². The molecule has 96 valence electrons. The van der Waals surface area contributed by atoms with E-state index >= 15 is 0 Å². The number of hydrogen-bond donors (Lipinski definition) is 0. The normalized spacial score (nSPS) is 10.8. The van der Waals surface area contributed by atoms with E-state index in [1.165, 1.54) is 5.56 Å². The molecule has 0 saturated heterocycles. The Morgan fingerprint density at radius 1 is 1.00 bits per heavy atom. The SMILES string of the molecule is CCc1c(-c2ccccc2)oc(C)c1-c1ccco1. The molecule has 2 nitrogen and oxygen atoms in total. The van der Waals surface area contributed by atoms with Gasteiger partial charge in [0.1, 0.15) is 17.3 Å². The fourth-order valence-corrected chi connectivity index (χ4v) is 2.49. The predicted molar refractivity (Wildman–Crippen MR) is 76.0 cm³/mol. The highest BCUT2D eigenvalue weighted by atomic mass is 16.4. The summed E-state index contributed by atoms with van der Waals surface area (Å²) in [4.78, 5) is 0. The molecule has 3 aromatic rings. The van der Waals surface area contributed by atoms with Crippen molar-refractivity contribution < 1.29 is 8.83 Å². The molecule has 0 radical (unpaired) electrons. The van der Waals surface area contributed by atoms with Crippen molar-refractivity contribution in [2.75, 3.05) is 0 Å². The van der Waals surface area contributed by atoms with Crippen molar-refractivity contribution >= 4 is 0 Å². The number of aryl methyl sites for hydroxylation is 1. The third kappa shape index (κ3) is 1.99. The van der Waals surface area contributed by atoms with E-state index in [1.54, 1.807) is 6.26 Å². The van der Waals surface area contributed by atoms with Gasteiger partial charge in [0.15, 0.2) is 0 Å². The Balaban J connectivity index is 2.21. The summed E-state index contributed by atoms with van der Waals surface area (Å²) in [7, 11) is 0. The Kier molecular flexibility index (Phi) is 3.00. The molecular formula is C17H16O2. The molecule has 0 unspecified atom stereocenters. The average Bonchev–Trinajstić information content (AvgIpc) is 3.06. The Labute approximate surface area is 112 Å². The maximum Gasteiger partial charge on any atom is 0.138 e. The Morgan fingerprint density at radius 2 is 1.79 bits per heavy atom. The number of rotatable bonds is 3. The molecule has 2 heterocycles. The van der Waals surface area contributed by atoms with Gasteiger partial charge in [-0.25, -0.2) is 0 Å². The zero-order valence-electron chi connectivity index (χ0n) is 11.1. The van der Waals surface area contributed by atoms with E-state index in [2.05, 4.69) is 19.1 Å². The minimum Gasteiger partial charge on any atom is -0.464 e. The number of furan rings is 2. The molecule has 0 atom stereocenters. The fourth-order valence-electron chi connectivity index (χ4n) is 2.49. The van der Waals surface area contributed by atoms with E-state index in [-0.39, 0.29) is 0 Å². The summed E-state index contributed by atoms with van der Waals surface area (Å²) < 4.78 is 11.5. The minimum absolute atomic E-state index is 0.875. The highest BCUT2D eigenvalue weighted by Crippen LogP contribution is 2.38. The molecule has 0 saturated carbocycles. The quantitative estimate of drug-likeness (QED) is 0.650. The van der Waals surface area contributed by atoms with Crippen molar-refractivity contribution in [3.05, 3.63) is 60.1 Å². The van der Waals surface area contributed by atoms with Crippen molar-refractivity contribution in [1.82, 2.24) is 0 Å². The molecule has 0 fully saturated rings. The molecule has 19 heavy (non-hydrogen) atoms. The van der Waals surface area contributed by atoms with Crippen molar-refractivity contribution in [2.24, 2.45) is 0 Å². The largest absolute Gasteiger partial charge is 0.464 e. The second kappa shape index (κ2) is 4.81. The van der Waals surface area contributed by atoms with Gasteiger partial charge in [0.05, 0.1) is 11.8 Å². The molecule has 0 aliphatic carbocycles. The number of hydrogen-bond acceptors (Lipinski definition) is 2. The second-order valence-electron chi connectivity index (χ2n) is 4.54. The lowest BCUT2D eigenvalue weighted by Gasteiger charge is -2.01. The van der Waals surface area contributed by atoms with Gasteiger partial charge in [-0.3, -0.25) is 0 Å². The third-order valence-corrected chi connectivity index (χ3v) is 3.34. The first-order chi connectivity index (χ1) is 9.31. The lowest BCUT2D eigenvalue weighted by Crippen LogP contribution is -1.85. The molecule has 0 aliphatic rings. The summed E-state index contributed by atoms with van der Waals surface area (Å²) in [6.45, 7) is 4.13. The highest BCUT2D eigenvalue weighted by Gasteiger charge is 2.20. The molecule has 0 N–H and O–H groups in total. The van der Waals surface area contributed by atoms with Gasteiger partial charge < -0.3 is 8.83 Å². The molecule has 2 heteroatoms. The second-order valence-corrected chi connectivity index (χ2v) is 4.54. The van der Waals surface area contributed by atoms with Gasteiger partial charge in [0, 0.05) is 11.1 Å². The van der Waals surface area contributed by atoms with Gasteiger partial charge >= 0.3 is 0 Å². The van der Waals surface area contributed by atoms with Crippen LogP contribution in [0.5, 0.6) is 0 Å². The van der Waals surface area contributed by atoms with Gasteiger partial charge in [-0.05, 0) is 25.5 Å². The van der Waals surface area contributed by atoms with Crippen LogP contribution in [-0.2, 0) is 6.42 Å². The van der Waals surface area contributed by atoms with E-state index in [0.29, 0.717) is 0 Å². The molecule has 3 rings (SSSR count). The van der Waals surface area contributed by atoms with Crippen molar-refractivity contribution in [3.63, 3.8) is 0 Å². The van der Waals surface area contributed by atoms with Crippen LogP contribution in [0.3, 0.4) is 0 Å². The lowest BCUT2D eigenvalue weighted by atomic mass is 10.0. The molecule has 1 aromatic carbocycles. The summed E-state index contributed by atoms with van der Waals surface area (Å²) >= 11 is 0. The van der Waals surface area contributed by atoms with Crippen LogP contribution in [-0.4, -0.2) is 0 Å². The van der Waals surface area contributed by atoms with Crippen LogP contribution in [0.1, 0.15) is 18.2 Å². The molecule has 0 amide bonds. The van der Waals surface area contributed by atoms with Crippen molar-refractivity contribution in [1.29, 1.82) is 0 Å². The minimum atomic E-state index is 0.875. The van der Waals surface area contributed by atoms with Crippen LogP contribution in [0.4, 0.5) is 0 Å². The van der Waals surface area contributed by atoms with E-state index in [9.17, 15) is 0 Å². The highest BCUT2D eigenvalue weighted by molar-refractivity contribution is 5.75. The maximum atomic E-state index is 5.99. The fraction of sp³-hybridized carbons (Fsp3) is 0.176. The van der Waals surface area contributed by atoms with E-state index < -0.39 is 0 Å². The van der Waals surface area contributed by atoms with Gasteiger partial charge in [0.25, 0.3) is 0 Å². The molecule has 2 aromatic heterocycles. The molecular weight excluding hydrogens is 236 g/mol. The zero-order chi connectivity index (χ0) is 13.2. The average molecular weight is 252 g/mol. The van der Waals surface area contributed by atoms with Crippen LogP contribution in [0.25, 0.3) is 22.6 Å². The van der Waals surface area contributed by atoms with Gasteiger partial charge in [-0.2, -0.15) is 0 Å². The van der Waals surface area contributed by atoms with E-state index in [0.717, 1.165) is 34.8 Å². The van der Waals surface area contributed by atoms with Gasteiger partial charge in [0.2, 0.25) is 0 Å². The Hall–Kier alpha value is -2.22. The summed E-state index contributed by atoms with van der Waals surface area (Å²) in [6.07, 6.45) is 2.61. The Morgan fingerprint density at radius 3 is 2.42 bits per heavy atom. The topological polar surface area (TPSA) is 26.3 Å². The summed E-state index contributed by atoms with van der Waals surface area (Å²) in [5.74, 6) is 2.73. The predicted octanol–water partition coefficient (Wildman–Crippen LogP) is 5.08. The number of benzene rings is 1. The van der Waals surface area contributed by atoms with Crippen LogP contribution < -0.4 is 0 Å². The van der Waals surface area contributed by atoms with Crippen LogP contribution in [0.2, 0.25) is 0 Å². The first kappa shape index (κ1) is 11.8. The van der Waals surface area contributed by atoms with Crippen LogP contribution in [0.15, 0.2) is 57.6 Å². The lowest BCUT2D eigenvalue weighted by molar-refractivity contribution is 0.542. The summed E-state index contributed by atoms with van der Waals surface area (Å²) in [5.41, 5.74) is 3.41. The molecule has 0 bridgehead atoms. The monoisotopic (exact) mass is 252 g/mol.